The molecule has 0 fully saturated rings. The molecule has 0 spiro atoms. The van der Waals surface area contributed by atoms with E-state index < -0.39 is 0 Å². The quantitative estimate of drug-likeness (QED) is 0.757. The third kappa shape index (κ3) is 4.98. The summed E-state index contributed by atoms with van der Waals surface area (Å²) in [6, 6.07) is 16.4. The first-order valence-corrected chi connectivity index (χ1v) is 5.41. The molecule has 2 aromatic rings. The van der Waals surface area contributed by atoms with E-state index in [0.29, 0.717) is 5.75 Å². The standard InChI is InChI=1S/C8H8O.C7H8O/c1-7(9)8-5-3-2-4-6-8;1-6-3-2-4-7(8)5-6/h2-6H,1H3;2-5,8H,1H3. The SMILES string of the molecule is CC(=O)c1ccccc1.Cc1cccc(O)c1. The molecule has 2 aromatic carbocycles. The lowest BCUT2D eigenvalue weighted by Crippen LogP contribution is -1.88. The van der Waals surface area contributed by atoms with E-state index in [2.05, 4.69) is 0 Å². The summed E-state index contributed by atoms with van der Waals surface area (Å²) in [5.74, 6) is 0.459. The normalized spacial score (nSPS) is 9.06. The topological polar surface area (TPSA) is 37.3 Å². The van der Waals surface area contributed by atoms with E-state index in [0.717, 1.165) is 11.1 Å². The maximum atomic E-state index is 10.6. The highest BCUT2D eigenvalue weighted by molar-refractivity contribution is 5.93. The molecule has 88 valence electrons. The number of phenols is 1. The monoisotopic (exact) mass is 228 g/mol. The van der Waals surface area contributed by atoms with E-state index >= 15 is 0 Å². The minimum absolute atomic E-state index is 0.121. The minimum atomic E-state index is 0.121. The number of rotatable bonds is 1. The molecular formula is C15H16O2. The molecule has 0 saturated carbocycles. The van der Waals surface area contributed by atoms with Crippen molar-refractivity contribution in [2.24, 2.45) is 0 Å². The molecule has 1 N–H and O–H groups in total. The predicted molar refractivity (Wildman–Crippen MR) is 69.3 cm³/mol. The van der Waals surface area contributed by atoms with E-state index in [1.165, 1.54) is 0 Å². The third-order valence-electron chi connectivity index (χ3n) is 2.18. The van der Waals surface area contributed by atoms with Gasteiger partial charge in [-0.3, -0.25) is 4.79 Å². The van der Waals surface area contributed by atoms with Gasteiger partial charge in [0.15, 0.2) is 5.78 Å². The second kappa shape index (κ2) is 6.48. The Hall–Kier alpha value is -2.09. The summed E-state index contributed by atoms with van der Waals surface area (Å²) >= 11 is 0. The summed E-state index contributed by atoms with van der Waals surface area (Å²) in [6.45, 7) is 3.51. The molecule has 2 heteroatoms. The maximum Gasteiger partial charge on any atom is 0.159 e. The van der Waals surface area contributed by atoms with Gasteiger partial charge in [-0.25, -0.2) is 0 Å². The Morgan fingerprint density at radius 1 is 1.00 bits per heavy atom. The highest BCUT2D eigenvalue weighted by atomic mass is 16.3. The van der Waals surface area contributed by atoms with Gasteiger partial charge >= 0.3 is 0 Å². The smallest absolute Gasteiger partial charge is 0.159 e. The number of carbonyl (C=O) groups excluding carboxylic acids is 1. The molecule has 0 aliphatic rings. The Morgan fingerprint density at radius 3 is 2.00 bits per heavy atom. The summed E-state index contributed by atoms with van der Waals surface area (Å²) in [5.41, 5.74) is 1.86. The van der Waals surface area contributed by atoms with Crippen LogP contribution in [0.15, 0.2) is 54.6 Å². The van der Waals surface area contributed by atoms with E-state index in [1.807, 2.05) is 49.4 Å². The number of hydrogen-bond donors (Lipinski definition) is 1. The Balaban J connectivity index is 0.000000171. The largest absolute Gasteiger partial charge is 0.508 e. The van der Waals surface area contributed by atoms with Gasteiger partial charge in [0.1, 0.15) is 5.75 Å². The van der Waals surface area contributed by atoms with Crippen molar-refractivity contribution in [1.29, 1.82) is 0 Å². The molecule has 0 bridgehead atoms. The van der Waals surface area contributed by atoms with E-state index in [-0.39, 0.29) is 5.78 Å². The molecule has 0 atom stereocenters. The summed E-state index contributed by atoms with van der Waals surface area (Å²) in [6.07, 6.45) is 0. The van der Waals surface area contributed by atoms with Crippen LogP contribution in [0.25, 0.3) is 0 Å². The number of carbonyl (C=O) groups is 1. The Morgan fingerprint density at radius 2 is 1.65 bits per heavy atom. The molecule has 0 saturated heterocycles. The number of hydrogen-bond acceptors (Lipinski definition) is 2. The zero-order valence-corrected chi connectivity index (χ0v) is 10.1. The van der Waals surface area contributed by atoms with E-state index in [4.69, 9.17) is 5.11 Å². The van der Waals surface area contributed by atoms with Crippen LogP contribution in [0.3, 0.4) is 0 Å². The molecular weight excluding hydrogens is 212 g/mol. The second-order valence-electron chi connectivity index (χ2n) is 3.76. The first-order valence-electron chi connectivity index (χ1n) is 5.41. The highest BCUT2D eigenvalue weighted by Crippen LogP contribution is 2.08. The van der Waals surface area contributed by atoms with Crippen LogP contribution in [-0.2, 0) is 0 Å². The lowest BCUT2D eigenvalue weighted by atomic mass is 10.2. The van der Waals surface area contributed by atoms with Crippen molar-refractivity contribution in [2.45, 2.75) is 13.8 Å². The molecule has 2 rings (SSSR count). The summed E-state index contributed by atoms with van der Waals surface area (Å²) < 4.78 is 0. The molecule has 0 heterocycles. The lowest BCUT2D eigenvalue weighted by molar-refractivity contribution is 0.101. The average molecular weight is 228 g/mol. The first-order chi connectivity index (χ1) is 8.09. The molecule has 0 unspecified atom stereocenters. The lowest BCUT2D eigenvalue weighted by Gasteiger charge is -1.89. The second-order valence-corrected chi connectivity index (χ2v) is 3.76. The molecule has 0 amide bonds. The van der Waals surface area contributed by atoms with Crippen molar-refractivity contribution in [3.8, 4) is 5.75 Å². The Bertz CT molecular complexity index is 458. The fourth-order valence-corrected chi connectivity index (χ4v) is 1.30. The van der Waals surface area contributed by atoms with Crippen LogP contribution in [0.5, 0.6) is 5.75 Å². The number of Topliss-reactive ketones (excluding diaryl/α,β-unsaturated/α-hetero) is 1. The third-order valence-corrected chi connectivity index (χ3v) is 2.18. The average Bonchev–Trinajstić information content (AvgIpc) is 2.30. The highest BCUT2D eigenvalue weighted by Gasteiger charge is 1.92. The van der Waals surface area contributed by atoms with Gasteiger partial charge in [-0.15, -0.1) is 0 Å². The van der Waals surface area contributed by atoms with Crippen LogP contribution < -0.4 is 0 Å². The molecule has 0 aliphatic heterocycles. The maximum absolute atomic E-state index is 10.6. The number of aromatic hydroxyl groups is 1. The van der Waals surface area contributed by atoms with Crippen molar-refractivity contribution >= 4 is 5.78 Å². The van der Waals surface area contributed by atoms with Crippen molar-refractivity contribution < 1.29 is 9.90 Å². The van der Waals surface area contributed by atoms with Crippen LogP contribution >= 0.6 is 0 Å². The van der Waals surface area contributed by atoms with Gasteiger partial charge in [-0.05, 0) is 31.5 Å². The number of aryl methyl sites for hydroxylation is 1. The molecule has 0 aliphatic carbocycles. The van der Waals surface area contributed by atoms with Crippen LogP contribution in [-0.4, -0.2) is 10.9 Å². The fourth-order valence-electron chi connectivity index (χ4n) is 1.30. The predicted octanol–water partition coefficient (Wildman–Crippen LogP) is 3.59. The van der Waals surface area contributed by atoms with Gasteiger partial charge in [-0.2, -0.15) is 0 Å². The first kappa shape index (κ1) is 13.0. The Labute approximate surface area is 102 Å². The summed E-state index contributed by atoms with van der Waals surface area (Å²) in [5, 5.41) is 8.81. The number of ketones is 1. The minimum Gasteiger partial charge on any atom is -0.508 e. The number of benzene rings is 2. The number of phenolic OH excluding ortho intramolecular Hbond substituents is 1. The molecule has 0 aromatic heterocycles. The molecule has 2 nitrogen and oxygen atoms in total. The van der Waals surface area contributed by atoms with Gasteiger partial charge in [0.25, 0.3) is 0 Å². The van der Waals surface area contributed by atoms with Crippen LogP contribution in [0.4, 0.5) is 0 Å². The Kier molecular flexibility index (Phi) is 4.95. The van der Waals surface area contributed by atoms with Crippen molar-refractivity contribution in [1.82, 2.24) is 0 Å². The van der Waals surface area contributed by atoms with Crippen LogP contribution in [0.2, 0.25) is 0 Å². The summed E-state index contributed by atoms with van der Waals surface area (Å²) in [7, 11) is 0. The van der Waals surface area contributed by atoms with E-state index in [1.54, 1.807) is 19.1 Å². The van der Waals surface area contributed by atoms with Crippen molar-refractivity contribution in [3.63, 3.8) is 0 Å². The van der Waals surface area contributed by atoms with Gasteiger partial charge in [0.2, 0.25) is 0 Å². The zero-order chi connectivity index (χ0) is 12.7. The van der Waals surface area contributed by atoms with Gasteiger partial charge in [0.05, 0.1) is 0 Å². The summed E-state index contributed by atoms with van der Waals surface area (Å²) in [4.78, 5) is 10.6. The van der Waals surface area contributed by atoms with Crippen molar-refractivity contribution in [2.75, 3.05) is 0 Å². The van der Waals surface area contributed by atoms with Crippen LogP contribution in [0.1, 0.15) is 22.8 Å². The molecule has 17 heavy (non-hydrogen) atoms. The van der Waals surface area contributed by atoms with Gasteiger partial charge < -0.3 is 5.11 Å². The van der Waals surface area contributed by atoms with Crippen LogP contribution in [0, 0.1) is 6.92 Å². The van der Waals surface area contributed by atoms with Crippen molar-refractivity contribution in [3.05, 3.63) is 65.7 Å². The molecule has 0 radical (unpaired) electrons. The van der Waals surface area contributed by atoms with E-state index in [9.17, 15) is 4.79 Å². The zero-order valence-electron chi connectivity index (χ0n) is 10.1. The van der Waals surface area contributed by atoms with Gasteiger partial charge in [0, 0.05) is 5.56 Å². The fraction of sp³-hybridized carbons (Fsp3) is 0.133. The van der Waals surface area contributed by atoms with Gasteiger partial charge in [-0.1, -0.05) is 42.5 Å².